The maximum absolute atomic E-state index is 12.0. The summed E-state index contributed by atoms with van der Waals surface area (Å²) in [5.41, 5.74) is 0.689. The molecule has 26 heavy (non-hydrogen) atoms. The molecule has 0 unspecified atom stereocenters. The Bertz CT molecular complexity index is 792. The van der Waals surface area contributed by atoms with Crippen molar-refractivity contribution in [2.24, 2.45) is 0 Å². The van der Waals surface area contributed by atoms with Crippen molar-refractivity contribution in [2.75, 3.05) is 25.1 Å². The Morgan fingerprint density at radius 1 is 1.27 bits per heavy atom. The number of nitrogens with one attached hydrogen (secondary N) is 1. The molecule has 0 saturated carbocycles. The fourth-order valence-electron chi connectivity index (χ4n) is 2.35. The average molecular weight is 395 g/mol. The highest BCUT2D eigenvalue weighted by Crippen LogP contribution is 2.27. The van der Waals surface area contributed by atoms with Crippen LogP contribution in [0.3, 0.4) is 0 Å². The number of amides is 2. The molecule has 2 amide bonds. The lowest BCUT2D eigenvalue weighted by molar-refractivity contribution is -0.120. The molecule has 1 aromatic carbocycles. The number of ether oxygens (including phenoxy) is 1. The van der Waals surface area contributed by atoms with Crippen molar-refractivity contribution < 1.29 is 19.1 Å². The Balaban J connectivity index is 2.03. The number of hydrogen-bond acceptors (Lipinski definition) is 5. The number of hydrogen-bond donors (Lipinski definition) is 1. The zero-order valence-corrected chi connectivity index (χ0v) is 16.0. The van der Waals surface area contributed by atoms with Gasteiger partial charge in [0, 0.05) is 24.9 Å². The summed E-state index contributed by atoms with van der Waals surface area (Å²) < 4.78 is 4.69. The molecule has 0 atom stereocenters. The van der Waals surface area contributed by atoms with Gasteiger partial charge in [0.25, 0.3) is 0 Å². The number of carbonyl (C=O) groups is 3. The molecule has 6 nitrogen and oxygen atoms in total. The summed E-state index contributed by atoms with van der Waals surface area (Å²) in [4.78, 5) is 38.1. The van der Waals surface area contributed by atoms with Crippen LogP contribution in [0.25, 0.3) is 0 Å². The van der Waals surface area contributed by atoms with Gasteiger partial charge in [-0.25, -0.2) is 4.79 Å². The van der Waals surface area contributed by atoms with Crippen molar-refractivity contribution in [2.45, 2.75) is 13.3 Å². The van der Waals surface area contributed by atoms with Gasteiger partial charge in [-0.1, -0.05) is 17.7 Å². The zero-order valence-electron chi connectivity index (χ0n) is 14.5. The Labute approximate surface area is 160 Å². The van der Waals surface area contributed by atoms with Gasteiger partial charge in [-0.2, -0.15) is 0 Å². The van der Waals surface area contributed by atoms with Crippen LogP contribution in [0.4, 0.5) is 5.69 Å². The number of halogens is 1. The van der Waals surface area contributed by atoms with E-state index >= 15 is 0 Å². The molecule has 138 valence electrons. The monoisotopic (exact) mass is 394 g/mol. The normalized spacial score (nSPS) is 10.3. The van der Waals surface area contributed by atoms with Crippen LogP contribution >= 0.6 is 22.9 Å². The number of carbonyl (C=O) groups excluding carboxylic acids is 3. The molecule has 0 spiro atoms. The third-order valence-corrected chi connectivity index (χ3v) is 4.81. The Kier molecular flexibility index (Phi) is 7.17. The second-order valence-electron chi connectivity index (χ2n) is 5.43. The number of anilines is 1. The lowest BCUT2D eigenvalue weighted by Crippen LogP contribution is -2.38. The van der Waals surface area contributed by atoms with Crippen molar-refractivity contribution >= 4 is 46.4 Å². The number of nitrogens with zero attached hydrogens (tertiary/aromatic N) is 1. The fraction of sp³-hybridized carbons (Fsp3) is 0.278. The molecule has 1 heterocycles. The molecule has 1 aromatic heterocycles. The first-order valence-corrected chi connectivity index (χ1v) is 9.13. The number of methoxy groups -OCH3 is 1. The van der Waals surface area contributed by atoms with Crippen LogP contribution in [0.2, 0.25) is 5.02 Å². The van der Waals surface area contributed by atoms with Crippen molar-refractivity contribution in [3.05, 3.63) is 51.2 Å². The van der Waals surface area contributed by atoms with Gasteiger partial charge in [-0.3, -0.25) is 9.59 Å². The van der Waals surface area contributed by atoms with Crippen LogP contribution in [0.15, 0.2) is 35.7 Å². The highest BCUT2D eigenvalue weighted by molar-refractivity contribution is 7.10. The van der Waals surface area contributed by atoms with Crippen LogP contribution in [-0.2, 0) is 20.7 Å². The lowest BCUT2D eigenvalue weighted by atomic mass is 10.2. The van der Waals surface area contributed by atoms with E-state index in [1.165, 1.54) is 48.5 Å². The van der Waals surface area contributed by atoms with Crippen LogP contribution in [0.1, 0.15) is 22.2 Å². The average Bonchev–Trinajstić information content (AvgIpc) is 3.11. The molecule has 0 aliphatic carbocycles. The Morgan fingerprint density at radius 2 is 2.04 bits per heavy atom. The maximum atomic E-state index is 12.0. The summed E-state index contributed by atoms with van der Waals surface area (Å²) in [7, 11) is 1.28. The van der Waals surface area contributed by atoms with E-state index in [2.05, 4.69) is 5.32 Å². The molecule has 0 saturated heterocycles. The number of rotatable bonds is 7. The molecule has 0 radical (unpaired) electrons. The topological polar surface area (TPSA) is 75.7 Å². The summed E-state index contributed by atoms with van der Waals surface area (Å²) in [6.07, 6.45) is 0.302. The van der Waals surface area contributed by atoms with Crippen LogP contribution < -0.4 is 10.2 Å². The quantitative estimate of drug-likeness (QED) is 0.732. The second-order valence-corrected chi connectivity index (χ2v) is 6.87. The Morgan fingerprint density at radius 3 is 2.65 bits per heavy atom. The first-order valence-electron chi connectivity index (χ1n) is 7.87. The van der Waals surface area contributed by atoms with Crippen molar-refractivity contribution in [1.29, 1.82) is 0 Å². The molecule has 8 heteroatoms. The second kappa shape index (κ2) is 9.35. The van der Waals surface area contributed by atoms with E-state index in [1.807, 2.05) is 17.5 Å². The SMILES string of the molecule is COC(=O)c1ccc(Cl)c(N(CCNC(=O)Cc2cccs2)C(C)=O)c1. The molecule has 0 fully saturated rings. The standard InChI is InChI=1S/C18H19ClN2O4S/c1-12(22)21(8-7-20-17(23)11-14-4-3-9-26-14)16-10-13(18(24)25-2)5-6-15(16)19/h3-6,9-10H,7-8,11H2,1-2H3,(H,20,23). The van der Waals surface area contributed by atoms with Gasteiger partial charge in [0.15, 0.2) is 0 Å². The van der Waals surface area contributed by atoms with E-state index in [9.17, 15) is 14.4 Å². The summed E-state index contributed by atoms with van der Waals surface area (Å²) in [5.74, 6) is -0.887. The van der Waals surface area contributed by atoms with Crippen molar-refractivity contribution in [3.63, 3.8) is 0 Å². The zero-order chi connectivity index (χ0) is 19.1. The summed E-state index contributed by atoms with van der Waals surface area (Å²) in [5, 5.41) is 5.03. The minimum atomic E-state index is -0.518. The molecular formula is C18H19ClN2O4S. The van der Waals surface area contributed by atoms with Crippen LogP contribution in [0.5, 0.6) is 0 Å². The van der Waals surface area contributed by atoms with Crippen molar-refractivity contribution in [3.8, 4) is 0 Å². The van der Waals surface area contributed by atoms with E-state index in [1.54, 1.807) is 0 Å². The van der Waals surface area contributed by atoms with Crippen molar-refractivity contribution in [1.82, 2.24) is 5.32 Å². The summed E-state index contributed by atoms with van der Waals surface area (Å²) in [6.45, 7) is 1.90. The fourth-order valence-corrected chi connectivity index (χ4v) is 3.28. The predicted molar refractivity (Wildman–Crippen MR) is 102 cm³/mol. The Hall–Kier alpha value is -2.38. The van der Waals surface area contributed by atoms with E-state index in [0.29, 0.717) is 22.7 Å². The molecule has 2 rings (SSSR count). The number of esters is 1. The lowest BCUT2D eigenvalue weighted by Gasteiger charge is -2.23. The predicted octanol–water partition coefficient (Wildman–Crippen LogP) is 2.90. The van der Waals surface area contributed by atoms with Gasteiger partial charge in [0.05, 0.1) is 29.8 Å². The minimum Gasteiger partial charge on any atom is -0.465 e. The largest absolute Gasteiger partial charge is 0.465 e. The molecule has 0 aliphatic heterocycles. The molecule has 0 bridgehead atoms. The van der Waals surface area contributed by atoms with E-state index < -0.39 is 5.97 Å². The number of thiophene rings is 1. The van der Waals surface area contributed by atoms with E-state index in [-0.39, 0.29) is 24.9 Å². The molecule has 0 aliphatic rings. The first-order chi connectivity index (χ1) is 12.4. The van der Waals surface area contributed by atoms with Gasteiger partial charge in [-0.05, 0) is 29.6 Å². The van der Waals surface area contributed by atoms with E-state index in [4.69, 9.17) is 16.3 Å². The molecular weight excluding hydrogens is 376 g/mol. The molecule has 1 N–H and O–H groups in total. The van der Waals surface area contributed by atoms with Gasteiger partial charge in [-0.15, -0.1) is 11.3 Å². The summed E-state index contributed by atoms with van der Waals surface area (Å²) in [6, 6.07) is 8.35. The van der Waals surface area contributed by atoms with Gasteiger partial charge < -0.3 is 15.0 Å². The third kappa shape index (κ3) is 5.31. The summed E-state index contributed by atoms with van der Waals surface area (Å²) >= 11 is 7.70. The number of benzene rings is 1. The van der Waals surface area contributed by atoms with Gasteiger partial charge in [0.2, 0.25) is 11.8 Å². The first kappa shape index (κ1) is 19.9. The molecule has 2 aromatic rings. The maximum Gasteiger partial charge on any atom is 0.337 e. The minimum absolute atomic E-state index is 0.120. The highest BCUT2D eigenvalue weighted by Gasteiger charge is 2.18. The van der Waals surface area contributed by atoms with E-state index in [0.717, 1.165) is 4.88 Å². The smallest absolute Gasteiger partial charge is 0.337 e. The van der Waals surface area contributed by atoms with Gasteiger partial charge >= 0.3 is 5.97 Å². The third-order valence-electron chi connectivity index (χ3n) is 3.61. The highest BCUT2D eigenvalue weighted by atomic mass is 35.5. The van der Waals surface area contributed by atoms with Crippen LogP contribution in [0, 0.1) is 0 Å². The van der Waals surface area contributed by atoms with Crippen LogP contribution in [-0.4, -0.2) is 38.0 Å². The van der Waals surface area contributed by atoms with Gasteiger partial charge in [0.1, 0.15) is 0 Å².